The highest BCUT2D eigenvalue weighted by atomic mass is 127. The highest BCUT2D eigenvalue weighted by Crippen LogP contribution is 2.01. The molecule has 0 fully saturated rings. The first-order valence-electron chi connectivity index (χ1n) is 4.73. The molecule has 17 heavy (non-hydrogen) atoms. The van der Waals surface area contributed by atoms with Gasteiger partial charge >= 0.3 is 5.97 Å². The van der Waals surface area contributed by atoms with E-state index < -0.39 is 15.8 Å². The lowest BCUT2D eigenvalue weighted by Crippen LogP contribution is -2.35. The molecule has 6 nitrogen and oxygen atoms in total. The number of pyridine rings is 1. The van der Waals surface area contributed by atoms with Crippen molar-refractivity contribution < 1.29 is 14.3 Å². The molecule has 0 radical (unpaired) electrons. The fraction of sp³-hybridized carbons (Fsp3) is 0.300. The third-order valence-corrected chi connectivity index (χ3v) is 2.92. The summed E-state index contributed by atoms with van der Waals surface area (Å²) in [6, 6.07) is 1.26. The van der Waals surface area contributed by atoms with Crippen LogP contribution in [-0.4, -0.2) is 34.4 Å². The van der Waals surface area contributed by atoms with Crippen molar-refractivity contribution in [2.45, 2.75) is 3.92 Å². The minimum absolute atomic E-state index is 0.0148. The molecule has 2 N–H and O–H groups in total. The molecule has 0 aromatic carbocycles. The second kappa shape index (κ2) is 6.38. The van der Waals surface area contributed by atoms with Crippen LogP contribution in [0.25, 0.3) is 0 Å². The number of halogens is 1. The minimum Gasteiger partial charge on any atom is -0.468 e. The Balaban J connectivity index is 2.60. The zero-order valence-electron chi connectivity index (χ0n) is 9.03. The van der Waals surface area contributed by atoms with Gasteiger partial charge in [0.15, 0.2) is 5.43 Å². The molecule has 0 aliphatic carbocycles. The summed E-state index contributed by atoms with van der Waals surface area (Å²) in [5.41, 5.74) is -0.356. The Morgan fingerprint density at radius 3 is 2.88 bits per heavy atom. The van der Waals surface area contributed by atoms with Gasteiger partial charge in [0.05, 0.1) is 7.11 Å². The summed E-state index contributed by atoms with van der Waals surface area (Å²) in [6.07, 6.45) is 2.76. The van der Waals surface area contributed by atoms with Crippen LogP contribution in [-0.2, 0) is 9.53 Å². The summed E-state index contributed by atoms with van der Waals surface area (Å²) in [5.74, 6) is -0.940. The van der Waals surface area contributed by atoms with E-state index in [1.807, 2.05) is 22.6 Å². The number of hydrogen-bond acceptors (Lipinski definition) is 4. The number of ether oxygens (including phenoxy) is 1. The van der Waals surface area contributed by atoms with E-state index in [0.717, 1.165) is 0 Å². The largest absolute Gasteiger partial charge is 0.468 e. The van der Waals surface area contributed by atoms with Gasteiger partial charge in [0.2, 0.25) is 0 Å². The highest BCUT2D eigenvalue weighted by Gasteiger charge is 2.17. The number of rotatable bonds is 4. The molecule has 0 aliphatic heterocycles. The van der Waals surface area contributed by atoms with E-state index in [4.69, 9.17) is 0 Å². The van der Waals surface area contributed by atoms with E-state index in [9.17, 15) is 14.4 Å². The smallest absolute Gasteiger partial charge is 0.320 e. The topological polar surface area (TPSA) is 88.3 Å². The maximum absolute atomic E-state index is 11.6. The molecule has 92 valence electrons. The number of hydrogen-bond donors (Lipinski definition) is 2. The third kappa shape index (κ3) is 3.84. The van der Waals surface area contributed by atoms with Crippen molar-refractivity contribution in [2.75, 3.05) is 13.7 Å². The Morgan fingerprint density at radius 1 is 1.59 bits per heavy atom. The van der Waals surface area contributed by atoms with Gasteiger partial charge in [-0.15, -0.1) is 0 Å². The summed E-state index contributed by atoms with van der Waals surface area (Å²) < 4.78 is 4.03. The Morgan fingerprint density at radius 2 is 2.29 bits per heavy atom. The number of carbonyl (C=O) groups excluding carboxylic acids is 2. The first kappa shape index (κ1) is 13.7. The van der Waals surface area contributed by atoms with Crippen molar-refractivity contribution in [2.24, 2.45) is 0 Å². The van der Waals surface area contributed by atoms with Crippen LogP contribution in [0.15, 0.2) is 23.3 Å². The molecule has 0 saturated carbocycles. The van der Waals surface area contributed by atoms with E-state index in [1.54, 1.807) is 0 Å². The first-order chi connectivity index (χ1) is 8.06. The van der Waals surface area contributed by atoms with E-state index >= 15 is 0 Å². The predicted molar refractivity (Wildman–Crippen MR) is 69.2 cm³/mol. The minimum atomic E-state index is -0.516. The summed E-state index contributed by atoms with van der Waals surface area (Å²) in [6.45, 7) is 0.112. The molecule has 0 spiro atoms. The van der Waals surface area contributed by atoms with Crippen LogP contribution in [0.4, 0.5) is 0 Å². The summed E-state index contributed by atoms with van der Waals surface area (Å²) >= 11 is 1.85. The molecule has 0 aliphatic rings. The molecule has 1 atom stereocenters. The Labute approximate surface area is 111 Å². The van der Waals surface area contributed by atoms with Crippen molar-refractivity contribution in [3.05, 3.63) is 34.2 Å². The average molecular weight is 350 g/mol. The Kier molecular flexibility index (Phi) is 5.13. The highest BCUT2D eigenvalue weighted by molar-refractivity contribution is 14.1. The molecule has 7 heteroatoms. The monoisotopic (exact) mass is 350 g/mol. The van der Waals surface area contributed by atoms with Gasteiger partial charge in [-0.1, -0.05) is 22.6 Å². The molecule has 1 unspecified atom stereocenters. The van der Waals surface area contributed by atoms with Crippen molar-refractivity contribution in [3.63, 3.8) is 0 Å². The first-order valence-corrected chi connectivity index (χ1v) is 5.98. The predicted octanol–water partition coefficient (Wildman–Crippen LogP) is 0.0813. The molecule has 0 saturated heterocycles. The van der Waals surface area contributed by atoms with E-state index in [-0.39, 0.29) is 17.5 Å². The number of aromatic amines is 1. The average Bonchev–Trinajstić information content (AvgIpc) is 2.35. The van der Waals surface area contributed by atoms with Gasteiger partial charge in [-0.2, -0.15) is 0 Å². The van der Waals surface area contributed by atoms with E-state index in [2.05, 4.69) is 15.0 Å². The number of amides is 1. The normalized spacial score (nSPS) is 11.6. The summed E-state index contributed by atoms with van der Waals surface area (Å²) in [5, 5.41) is 2.49. The number of nitrogens with one attached hydrogen (secondary N) is 2. The summed E-state index contributed by atoms with van der Waals surface area (Å²) in [7, 11) is 1.28. The number of carbonyl (C=O) groups is 2. The van der Waals surface area contributed by atoms with Gasteiger partial charge in [-0.25, -0.2) is 0 Å². The van der Waals surface area contributed by atoms with Gasteiger partial charge in [0.25, 0.3) is 5.91 Å². The second-order valence-electron chi connectivity index (χ2n) is 3.12. The van der Waals surface area contributed by atoms with Crippen LogP contribution < -0.4 is 10.7 Å². The SMILES string of the molecule is COC(=O)C(I)CNC(=O)c1c[nH]ccc1=O. The zero-order valence-corrected chi connectivity index (χ0v) is 11.2. The summed E-state index contributed by atoms with van der Waals surface area (Å²) in [4.78, 5) is 36.6. The van der Waals surface area contributed by atoms with Crippen molar-refractivity contribution >= 4 is 34.5 Å². The molecule has 0 bridgehead atoms. The molecule has 1 amide bonds. The number of H-pyrrole nitrogens is 1. The van der Waals surface area contributed by atoms with Gasteiger partial charge in [0, 0.05) is 25.0 Å². The van der Waals surface area contributed by atoms with Gasteiger partial charge in [0.1, 0.15) is 9.49 Å². The molecule has 1 aromatic rings. The van der Waals surface area contributed by atoms with Crippen LogP contribution in [0.3, 0.4) is 0 Å². The van der Waals surface area contributed by atoms with E-state index in [0.29, 0.717) is 0 Å². The maximum atomic E-state index is 11.6. The lowest BCUT2D eigenvalue weighted by molar-refractivity contribution is -0.139. The Hall–Kier alpha value is -1.38. The van der Waals surface area contributed by atoms with Crippen molar-refractivity contribution in [1.29, 1.82) is 0 Å². The van der Waals surface area contributed by atoms with Gasteiger partial charge in [-0.05, 0) is 0 Å². The number of aromatic nitrogens is 1. The van der Waals surface area contributed by atoms with Crippen LogP contribution >= 0.6 is 22.6 Å². The molecule has 1 rings (SSSR count). The van der Waals surface area contributed by atoms with Gasteiger partial charge < -0.3 is 15.0 Å². The third-order valence-electron chi connectivity index (χ3n) is 1.97. The van der Waals surface area contributed by atoms with Crippen molar-refractivity contribution in [3.8, 4) is 0 Å². The fourth-order valence-corrected chi connectivity index (χ4v) is 1.56. The number of alkyl halides is 1. The fourth-order valence-electron chi connectivity index (χ4n) is 1.08. The number of methoxy groups -OCH3 is 1. The maximum Gasteiger partial charge on any atom is 0.320 e. The van der Waals surface area contributed by atoms with Crippen LogP contribution in [0, 0.1) is 0 Å². The zero-order chi connectivity index (χ0) is 12.8. The molecular weight excluding hydrogens is 339 g/mol. The quantitative estimate of drug-likeness (QED) is 0.457. The standard InChI is InChI=1S/C10H11IN2O4/c1-17-10(16)7(11)5-13-9(15)6-4-12-3-2-8(6)14/h2-4,7H,5H2,1H3,(H,12,14)(H,13,15). The van der Waals surface area contributed by atoms with Crippen LogP contribution in [0.5, 0.6) is 0 Å². The van der Waals surface area contributed by atoms with E-state index in [1.165, 1.54) is 25.6 Å². The molecule has 1 aromatic heterocycles. The molecular formula is C10H11IN2O4. The van der Waals surface area contributed by atoms with Crippen LogP contribution in [0.1, 0.15) is 10.4 Å². The lowest BCUT2D eigenvalue weighted by Gasteiger charge is -2.08. The Bertz CT molecular complexity index is 471. The second-order valence-corrected chi connectivity index (χ2v) is 4.63. The van der Waals surface area contributed by atoms with Crippen molar-refractivity contribution in [1.82, 2.24) is 10.3 Å². The van der Waals surface area contributed by atoms with Gasteiger partial charge in [-0.3, -0.25) is 14.4 Å². The van der Waals surface area contributed by atoms with Crippen LogP contribution in [0.2, 0.25) is 0 Å². The number of esters is 1. The molecule has 1 heterocycles. The lowest BCUT2D eigenvalue weighted by atomic mass is 10.2.